The highest BCUT2D eigenvalue weighted by atomic mass is 35.6. The number of rotatable bonds is 6. The second kappa shape index (κ2) is 12.4. The zero-order chi connectivity index (χ0) is 21.2. The summed E-state index contributed by atoms with van der Waals surface area (Å²) in [6.45, 7) is 1.77. The van der Waals surface area contributed by atoms with E-state index in [-0.39, 0.29) is 0 Å². The number of piperazine rings is 1. The molecule has 1 aromatic heterocycles. The molecule has 2 amide bonds. The second-order valence-corrected chi connectivity index (χ2v) is 10.3. The van der Waals surface area contributed by atoms with Crippen LogP contribution in [-0.4, -0.2) is 73.7 Å². The molecule has 1 fully saturated rings. The Morgan fingerprint density at radius 3 is 1.29 bits per heavy atom. The Balaban J connectivity index is 0.000000552. The van der Waals surface area contributed by atoms with E-state index in [9.17, 15) is 9.59 Å². The fourth-order valence-electron chi connectivity index (χ4n) is 2.51. The van der Waals surface area contributed by atoms with Crippen molar-refractivity contribution in [1.82, 2.24) is 25.4 Å². The van der Waals surface area contributed by atoms with Crippen molar-refractivity contribution in [2.24, 2.45) is 0 Å². The summed E-state index contributed by atoms with van der Waals surface area (Å²) in [5, 5.41) is 4.95. The van der Waals surface area contributed by atoms with E-state index in [1.165, 1.54) is 0 Å². The number of nitrogens with one attached hydrogen (secondary N) is 2. The van der Waals surface area contributed by atoms with Crippen LogP contribution >= 0.6 is 69.6 Å². The predicted molar refractivity (Wildman–Crippen MR) is 114 cm³/mol. The number of aromatic nitrogens is 1. The minimum atomic E-state index is -1.68. The lowest BCUT2D eigenvalue weighted by atomic mass is 10.2. The van der Waals surface area contributed by atoms with Crippen LogP contribution in [0.4, 0.5) is 0 Å². The minimum Gasteiger partial charge on any atom is -0.339 e. The van der Waals surface area contributed by atoms with Crippen LogP contribution in [0.1, 0.15) is 0 Å². The molecule has 7 nitrogen and oxygen atoms in total. The molecule has 0 bridgehead atoms. The number of carbonyl (C=O) groups excluding carboxylic acids is 2. The third kappa shape index (κ3) is 9.05. The standard InChI is InChI=1S/C10H14Cl6N4O2.C5H5N/c11-9(12,13)7(17-5-21)19-1-2-20(4-3-19)8(18-6-22)10(14,15)16;1-2-4-6-5-3-1/h5-8H,1-4H2,(H,17,21)(H,18,22);1-5H. The number of carbonyl (C=O) groups is 2. The highest BCUT2D eigenvalue weighted by molar-refractivity contribution is 6.68. The molecular weight excluding hydrogens is 495 g/mol. The molecule has 2 heterocycles. The molecule has 1 aliphatic rings. The molecule has 158 valence electrons. The highest BCUT2D eigenvalue weighted by Crippen LogP contribution is 2.34. The lowest BCUT2D eigenvalue weighted by Crippen LogP contribution is -2.63. The Bertz CT molecular complexity index is 516. The van der Waals surface area contributed by atoms with Gasteiger partial charge in [-0.05, 0) is 12.1 Å². The molecule has 2 rings (SSSR count). The van der Waals surface area contributed by atoms with Crippen LogP contribution in [0.3, 0.4) is 0 Å². The maximum absolute atomic E-state index is 10.7. The zero-order valence-electron chi connectivity index (χ0n) is 14.5. The van der Waals surface area contributed by atoms with Crippen molar-refractivity contribution in [3.05, 3.63) is 30.6 Å². The van der Waals surface area contributed by atoms with E-state index in [0.29, 0.717) is 39.0 Å². The maximum atomic E-state index is 10.7. The molecule has 1 saturated heterocycles. The van der Waals surface area contributed by atoms with Crippen LogP contribution in [0.2, 0.25) is 0 Å². The summed E-state index contributed by atoms with van der Waals surface area (Å²) in [4.78, 5) is 28.7. The van der Waals surface area contributed by atoms with Gasteiger partial charge in [0.1, 0.15) is 12.3 Å². The van der Waals surface area contributed by atoms with Crippen LogP contribution in [0.25, 0.3) is 0 Å². The summed E-state index contributed by atoms with van der Waals surface area (Å²) in [5.74, 6) is 0. The first kappa shape index (κ1) is 25.8. The van der Waals surface area contributed by atoms with Crippen molar-refractivity contribution >= 4 is 82.4 Å². The van der Waals surface area contributed by atoms with Crippen molar-refractivity contribution in [3.63, 3.8) is 0 Å². The summed E-state index contributed by atoms with van der Waals surface area (Å²) >= 11 is 35.2. The van der Waals surface area contributed by atoms with E-state index in [0.717, 1.165) is 0 Å². The third-order valence-electron chi connectivity index (χ3n) is 3.72. The molecule has 0 aromatic carbocycles. The Kier molecular flexibility index (Phi) is 11.5. The lowest BCUT2D eigenvalue weighted by molar-refractivity contribution is -0.113. The van der Waals surface area contributed by atoms with Gasteiger partial charge >= 0.3 is 0 Å². The topological polar surface area (TPSA) is 77.6 Å². The molecule has 1 aromatic rings. The first-order chi connectivity index (χ1) is 13.1. The van der Waals surface area contributed by atoms with E-state index >= 15 is 0 Å². The van der Waals surface area contributed by atoms with Gasteiger partial charge in [-0.15, -0.1) is 0 Å². The normalized spacial score (nSPS) is 18.2. The first-order valence-electron chi connectivity index (χ1n) is 7.97. The average molecular weight is 514 g/mol. The van der Waals surface area contributed by atoms with Gasteiger partial charge in [-0.2, -0.15) is 0 Å². The Labute approximate surface area is 193 Å². The van der Waals surface area contributed by atoms with Gasteiger partial charge in [0.2, 0.25) is 20.4 Å². The molecule has 0 saturated carbocycles. The molecule has 2 atom stereocenters. The molecule has 13 heteroatoms. The van der Waals surface area contributed by atoms with Crippen LogP contribution in [0, 0.1) is 0 Å². The summed E-state index contributed by atoms with van der Waals surface area (Å²) in [6, 6.07) is 5.72. The van der Waals surface area contributed by atoms with Gasteiger partial charge in [-0.3, -0.25) is 24.4 Å². The summed E-state index contributed by atoms with van der Waals surface area (Å²) in [6.07, 6.45) is 2.89. The number of nitrogens with zero attached hydrogens (tertiary/aromatic N) is 3. The highest BCUT2D eigenvalue weighted by Gasteiger charge is 2.42. The van der Waals surface area contributed by atoms with Crippen molar-refractivity contribution < 1.29 is 9.59 Å². The van der Waals surface area contributed by atoms with Crippen molar-refractivity contribution in [1.29, 1.82) is 0 Å². The quantitative estimate of drug-likeness (QED) is 0.451. The first-order valence-corrected chi connectivity index (χ1v) is 10.2. The van der Waals surface area contributed by atoms with Crippen molar-refractivity contribution in [2.45, 2.75) is 19.9 Å². The van der Waals surface area contributed by atoms with Crippen LogP contribution in [0.5, 0.6) is 0 Å². The number of amides is 2. The summed E-state index contributed by atoms with van der Waals surface area (Å²) in [5.41, 5.74) is 0. The van der Waals surface area contributed by atoms with Gasteiger partial charge in [0.25, 0.3) is 0 Å². The summed E-state index contributed by atoms with van der Waals surface area (Å²) in [7, 11) is 0. The molecule has 2 unspecified atom stereocenters. The van der Waals surface area contributed by atoms with Crippen molar-refractivity contribution in [3.8, 4) is 0 Å². The van der Waals surface area contributed by atoms with Gasteiger partial charge in [0.05, 0.1) is 0 Å². The monoisotopic (exact) mass is 511 g/mol. The van der Waals surface area contributed by atoms with Gasteiger partial charge in [-0.25, -0.2) is 0 Å². The van der Waals surface area contributed by atoms with Crippen LogP contribution in [-0.2, 0) is 9.59 Å². The Hall–Kier alpha value is -0.250. The Morgan fingerprint density at radius 2 is 1.11 bits per heavy atom. The van der Waals surface area contributed by atoms with Gasteiger partial charge in [0, 0.05) is 38.6 Å². The number of halogens is 6. The van der Waals surface area contributed by atoms with Gasteiger partial charge in [-0.1, -0.05) is 75.7 Å². The number of hydrogen-bond acceptors (Lipinski definition) is 5. The molecule has 0 aliphatic carbocycles. The van der Waals surface area contributed by atoms with E-state index in [2.05, 4.69) is 15.6 Å². The maximum Gasteiger partial charge on any atom is 0.223 e. The third-order valence-corrected chi connectivity index (χ3v) is 4.96. The minimum absolute atomic E-state index is 0.442. The van der Waals surface area contributed by atoms with E-state index in [1.54, 1.807) is 22.2 Å². The molecule has 28 heavy (non-hydrogen) atoms. The van der Waals surface area contributed by atoms with Crippen LogP contribution < -0.4 is 10.6 Å². The molecule has 0 radical (unpaired) electrons. The van der Waals surface area contributed by atoms with Crippen molar-refractivity contribution in [2.75, 3.05) is 26.2 Å². The average Bonchev–Trinajstić information content (AvgIpc) is 2.64. The van der Waals surface area contributed by atoms with Crippen LogP contribution in [0.15, 0.2) is 30.6 Å². The molecule has 1 aliphatic heterocycles. The predicted octanol–water partition coefficient (Wildman–Crippen LogP) is 2.57. The SMILES string of the molecule is O=CNC(N1CCN(C(NC=O)C(Cl)(Cl)Cl)CC1)C(Cl)(Cl)Cl.c1ccncc1. The largest absolute Gasteiger partial charge is 0.339 e. The molecule has 2 N–H and O–H groups in total. The van der Waals surface area contributed by atoms with E-state index in [1.807, 2.05) is 18.2 Å². The Morgan fingerprint density at radius 1 is 0.750 bits per heavy atom. The fraction of sp³-hybridized carbons (Fsp3) is 0.533. The zero-order valence-corrected chi connectivity index (χ0v) is 19.0. The summed E-state index contributed by atoms with van der Waals surface area (Å²) < 4.78 is -3.36. The number of pyridine rings is 1. The number of alkyl halides is 6. The molecule has 0 spiro atoms. The smallest absolute Gasteiger partial charge is 0.223 e. The molecular formula is C15H19Cl6N5O2. The lowest BCUT2D eigenvalue weighted by Gasteiger charge is -2.44. The number of hydrogen-bond donors (Lipinski definition) is 2. The van der Waals surface area contributed by atoms with E-state index < -0.39 is 19.9 Å². The fourth-order valence-corrected chi connectivity index (χ4v) is 3.72. The van der Waals surface area contributed by atoms with E-state index in [4.69, 9.17) is 69.6 Å². The van der Waals surface area contributed by atoms with Gasteiger partial charge < -0.3 is 10.6 Å². The second-order valence-electron chi connectivity index (χ2n) is 5.55. The van der Waals surface area contributed by atoms with Gasteiger partial charge in [0.15, 0.2) is 0 Å².